The van der Waals surface area contributed by atoms with E-state index in [2.05, 4.69) is 10.2 Å². The molecule has 1 unspecified atom stereocenters. The summed E-state index contributed by atoms with van der Waals surface area (Å²) in [5, 5.41) is 9.37. The van der Waals surface area contributed by atoms with Crippen molar-refractivity contribution in [2.45, 2.75) is 23.2 Å². The van der Waals surface area contributed by atoms with Gasteiger partial charge in [-0.1, -0.05) is 65.3 Å². The number of hydrogen-bond donors (Lipinski definition) is 1. The summed E-state index contributed by atoms with van der Waals surface area (Å²) >= 11 is 13.7. The molecule has 0 radical (unpaired) electrons. The van der Waals surface area contributed by atoms with Gasteiger partial charge in [0.2, 0.25) is 11.1 Å². The molecule has 1 atom stereocenters. The van der Waals surface area contributed by atoms with E-state index >= 15 is 0 Å². The fourth-order valence-electron chi connectivity index (χ4n) is 3.31. The van der Waals surface area contributed by atoms with Gasteiger partial charge in [0.25, 0.3) is 0 Å². The predicted molar refractivity (Wildman–Crippen MR) is 116 cm³/mol. The van der Waals surface area contributed by atoms with Crippen LogP contribution in [0.5, 0.6) is 0 Å². The molecule has 1 aliphatic heterocycles. The van der Waals surface area contributed by atoms with Gasteiger partial charge in [-0.05, 0) is 36.6 Å². The summed E-state index contributed by atoms with van der Waals surface area (Å²) < 4.78 is 1.36. The molecule has 0 bridgehead atoms. The maximum absolute atomic E-state index is 13.2. The minimum Gasteiger partial charge on any atom is -0.341 e. The summed E-state index contributed by atoms with van der Waals surface area (Å²) in [7, 11) is 0. The highest BCUT2D eigenvalue weighted by Gasteiger charge is 2.30. The summed E-state index contributed by atoms with van der Waals surface area (Å²) in [6, 6.07) is 14.7. The van der Waals surface area contributed by atoms with Gasteiger partial charge in [-0.3, -0.25) is 4.79 Å². The molecule has 1 aromatic heterocycles. The molecule has 150 valence electrons. The van der Waals surface area contributed by atoms with Gasteiger partial charge in [0, 0.05) is 23.7 Å². The van der Waals surface area contributed by atoms with Crippen LogP contribution in [-0.2, 0) is 4.79 Å². The summed E-state index contributed by atoms with van der Waals surface area (Å²) in [5.41, 5.74) is 1.49. The SMILES string of the molecule is Nn1c(SC(C(=O)N2CCCC2)c2ccccc2)nnc1-c1cc(Cl)ccc1Cl. The van der Waals surface area contributed by atoms with E-state index in [0.717, 1.165) is 31.5 Å². The third-order valence-corrected chi connectivity index (χ3v) is 6.56. The van der Waals surface area contributed by atoms with Crippen LogP contribution in [0.1, 0.15) is 23.7 Å². The lowest BCUT2D eigenvalue weighted by atomic mass is 10.1. The third kappa shape index (κ3) is 4.22. The number of carbonyl (C=O) groups is 1. The Labute approximate surface area is 183 Å². The normalized spacial score (nSPS) is 14.9. The first-order valence-corrected chi connectivity index (χ1v) is 10.8. The van der Waals surface area contributed by atoms with Gasteiger partial charge in [-0.25, -0.2) is 4.68 Å². The van der Waals surface area contributed by atoms with Crippen molar-refractivity contribution >= 4 is 40.9 Å². The molecule has 9 heteroatoms. The van der Waals surface area contributed by atoms with Crippen molar-refractivity contribution in [2.75, 3.05) is 18.9 Å². The summed E-state index contributed by atoms with van der Waals surface area (Å²) in [5.74, 6) is 6.73. The van der Waals surface area contributed by atoms with E-state index < -0.39 is 5.25 Å². The Morgan fingerprint density at radius 3 is 2.52 bits per heavy atom. The van der Waals surface area contributed by atoms with Crippen LogP contribution in [0.25, 0.3) is 11.4 Å². The van der Waals surface area contributed by atoms with E-state index in [0.29, 0.717) is 26.6 Å². The van der Waals surface area contributed by atoms with Gasteiger partial charge in [0.05, 0.1) is 5.02 Å². The van der Waals surface area contributed by atoms with E-state index in [1.54, 1.807) is 18.2 Å². The zero-order valence-corrected chi connectivity index (χ0v) is 17.8. The van der Waals surface area contributed by atoms with Crippen molar-refractivity contribution in [2.24, 2.45) is 0 Å². The number of benzene rings is 2. The average molecular weight is 448 g/mol. The van der Waals surface area contributed by atoms with Crippen molar-refractivity contribution in [3.63, 3.8) is 0 Å². The van der Waals surface area contributed by atoms with Gasteiger partial charge >= 0.3 is 0 Å². The lowest BCUT2D eigenvalue weighted by Crippen LogP contribution is -2.31. The summed E-state index contributed by atoms with van der Waals surface area (Å²) in [6.07, 6.45) is 2.06. The minimum atomic E-state index is -0.455. The Hall–Kier alpha value is -2.22. The number of thioether (sulfide) groups is 1. The van der Waals surface area contributed by atoms with E-state index in [1.165, 1.54) is 16.4 Å². The fraction of sp³-hybridized carbons (Fsp3) is 0.250. The molecule has 3 aromatic rings. The third-order valence-electron chi connectivity index (χ3n) is 4.80. The van der Waals surface area contributed by atoms with Crippen molar-refractivity contribution < 1.29 is 4.79 Å². The molecule has 1 amide bonds. The van der Waals surface area contributed by atoms with Crippen LogP contribution in [0, 0.1) is 0 Å². The Bertz CT molecular complexity index is 1020. The highest BCUT2D eigenvalue weighted by molar-refractivity contribution is 8.00. The first-order chi connectivity index (χ1) is 14.0. The Morgan fingerprint density at radius 2 is 1.79 bits per heavy atom. The first-order valence-electron chi connectivity index (χ1n) is 9.21. The molecular formula is C20H19Cl2N5OS. The van der Waals surface area contributed by atoms with E-state index in [9.17, 15) is 4.79 Å². The van der Waals surface area contributed by atoms with Gasteiger partial charge < -0.3 is 10.7 Å². The second kappa shape index (κ2) is 8.65. The number of hydrogen-bond acceptors (Lipinski definition) is 5. The maximum Gasteiger partial charge on any atom is 0.240 e. The van der Waals surface area contributed by atoms with Crippen LogP contribution >= 0.6 is 35.0 Å². The zero-order chi connectivity index (χ0) is 20.4. The number of carbonyl (C=O) groups excluding carboxylic acids is 1. The fourth-order valence-corrected chi connectivity index (χ4v) is 4.72. The molecule has 6 nitrogen and oxygen atoms in total. The number of nitrogens with two attached hydrogens (primary N) is 1. The van der Waals surface area contributed by atoms with Crippen molar-refractivity contribution in [3.8, 4) is 11.4 Å². The number of nitrogen functional groups attached to an aromatic ring is 1. The number of aromatic nitrogens is 3. The number of halogens is 2. The average Bonchev–Trinajstić information content (AvgIpc) is 3.39. The lowest BCUT2D eigenvalue weighted by molar-refractivity contribution is -0.129. The number of likely N-dealkylation sites (tertiary alicyclic amines) is 1. The quantitative estimate of drug-likeness (QED) is 0.462. The molecule has 2 aromatic carbocycles. The van der Waals surface area contributed by atoms with Gasteiger partial charge in [-0.15, -0.1) is 10.2 Å². The summed E-state index contributed by atoms with van der Waals surface area (Å²) in [4.78, 5) is 15.1. The Balaban J connectivity index is 1.67. The summed E-state index contributed by atoms with van der Waals surface area (Å²) in [6.45, 7) is 1.56. The molecule has 4 rings (SSSR count). The number of nitrogens with zero attached hydrogens (tertiary/aromatic N) is 4. The molecule has 1 fully saturated rings. The molecule has 0 spiro atoms. The highest BCUT2D eigenvalue weighted by Crippen LogP contribution is 2.38. The first kappa shape index (κ1) is 20.1. The topological polar surface area (TPSA) is 77.0 Å². The van der Waals surface area contributed by atoms with Crippen LogP contribution < -0.4 is 5.84 Å². The van der Waals surface area contributed by atoms with E-state index in [1.807, 2.05) is 35.2 Å². The van der Waals surface area contributed by atoms with E-state index in [4.69, 9.17) is 29.0 Å². The van der Waals surface area contributed by atoms with Gasteiger partial charge in [-0.2, -0.15) is 0 Å². The second-order valence-electron chi connectivity index (χ2n) is 6.74. The van der Waals surface area contributed by atoms with E-state index in [-0.39, 0.29) is 5.91 Å². The standard InChI is InChI=1S/C20H19Cl2N5OS/c21-14-8-9-16(22)15(12-14)18-24-25-20(27(18)23)29-17(13-6-2-1-3-7-13)19(28)26-10-4-5-11-26/h1-3,6-9,12,17H,4-5,10-11,23H2. The van der Waals surface area contributed by atoms with Crippen LogP contribution in [0.3, 0.4) is 0 Å². The Morgan fingerprint density at radius 1 is 1.07 bits per heavy atom. The lowest BCUT2D eigenvalue weighted by Gasteiger charge is -2.22. The smallest absolute Gasteiger partial charge is 0.240 e. The molecule has 29 heavy (non-hydrogen) atoms. The van der Waals surface area contributed by atoms with Crippen LogP contribution in [0.2, 0.25) is 10.0 Å². The predicted octanol–water partition coefficient (Wildman–Crippen LogP) is 4.42. The van der Waals surface area contributed by atoms with Gasteiger partial charge in [0.15, 0.2) is 5.82 Å². The molecule has 1 aliphatic rings. The van der Waals surface area contributed by atoms with Crippen LogP contribution in [0.15, 0.2) is 53.7 Å². The Kier molecular flexibility index (Phi) is 5.99. The molecule has 2 N–H and O–H groups in total. The van der Waals surface area contributed by atoms with Crippen molar-refractivity contribution in [1.29, 1.82) is 0 Å². The van der Waals surface area contributed by atoms with Gasteiger partial charge in [0.1, 0.15) is 5.25 Å². The molecule has 0 aliphatic carbocycles. The zero-order valence-electron chi connectivity index (χ0n) is 15.5. The highest BCUT2D eigenvalue weighted by atomic mass is 35.5. The minimum absolute atomic E-state index is 0.0593. The number of amides is 1. The van der Waals surface area contributed by atoms with Crippen molar-refractivity contribution in [3.05, 3.63) is 64.1 Å². The van der Waals surface area contributed by atoms with Crippen molar-refractivity contribution in [1.82, 2.24) is 19.8 Å². The second-order valence-corrected chi connectivity index (χ2v) is 8.66. The monoisotopic (exact) mass is 447 g/mol. The molecule has 2 heterocycles. The molecular weight excluding hydrogens is 429 g/mol. The molecule has 1 saturated heterocycles. The maximum atomic E-state index is 13.2. The molecule has 0 saturated carbocycles. The number of rotatable bonds is 5. The van der Waals surface area contributed by atoms with Crippen LogP contribution in [0.4, 0.5) is 0 Å². The largest absolute Gasteiger partial charge is 0.341 e. The van der Waals surface area contributed by atoms with Crippen LogP contribution in [-0.4, -0.2) is 38.8 Å².